The van der Waals surface area contributed by atoms with Crippen LogP contribution in [0.15, 0.2) is 35.3 Å². The van der Waals surface area contributed by atoms with Crippen LogP contribution in [0.3, 0.4) is 0 Å². The molecule has 3 rings (SSSR count). The second-order valence-electron chi connectivity index (χ2n) is 9.15. The van der Waals surface area contributed by atoms with Crippen LogP contribution in [0, 0.1) is 11.8 Å². The number of nitrogens with zero attached hydrogens (tertiary/aromatic N) is 4. The minimum Gasteiger partial charge on any atom is -0.357 e. The number of guanidine groups is 1. The second-order valence-corrected chi connectivity index (χ2v) is 9.15. The van der Waals surface area contributed by atoms with Crippen molar-refractivity contribution in [2.45, 2.75) is 40.0 Å². The molecule has 5 heteroatoms. The molecule has 0 amide bonds. The molecule has 2 aliphatic heterocycles. The van der Waals surface area contributed by atoms with E-state index in [1.807, 2.05) is 0 Å². The fourth-order valence-electron chi connectivity index (χ4n) is 4.75. The van der Waals surface area contributed by atoms with Crippen molar-refractivity contribution in [3.8, 4) is 0 Å². The molecule has 2 heterocycles. The topological polar surface area (TPSA) is 34.1 Å². The lowest BCUT2D eigenvalue weighted by atomic mass is 9.90. The van der Waals surface area contributed by atoms with Crippen LogP contribution in [-0.2, 0) is 6.42 Å². The maximum atomic E-state index is 5.04. The fraction of sp³-hybridized carbons (Fsp3) is 0.720. The summed E-state index contributed by atoms with van der Waals surface area (Å²) >= 11 is 0. The zero-order valence-corrected chi connectivity index (χ0v) is 19.5. The summed E-state index contributed by atoms with van der Waals surface area (Å²) in [4.78, 5) is 12.7. The molecule has 2 aliphatic rings. The van der Waals surface area contributed by atoms with Gasteiger partial charge in [0.05, 0.1) is 0 Å². The zero-order valence-electron chi connectivity index (χ0n) is 19.5. The molecule has 0 saturated carbocycles. The van der Waals surface area contributed by atoms with Crippen LogP contribution in [0.2, 0.25) is 0 Å². The molecule has 2 saturated heterocycles. The van der Waals surface area contributed by atoms with Crippen LogP contribution in [0.25, 0.3) is 0 Å². The minimum atomic E-state index is 0.599. The summed E-state index contributed by atoms with van der Waals surface area (Å²) in [7, 11) is 0. The van der Waals surface area contributed by atoms with Gasteiger partial charge < -0.3 is 20.0 Å². The first kappa shape index (κ1) is 23.1. The van der Waals surface area contributed by atoms with Crippen LogP contribution in [0.4, 0.5) is 0 Å². The Balaban J connectivity index is 1.44. The molecule has 5 nitrogen and oxygen atoms in total. The SMILES string of the molecule is CCNC(=NCC(C)CN1CCN(CC)CC1)N1CCC(Cc2ccccc2)CC1. The number of piperidine rings is 1. The zero-order chi connectivity index (χ0) is 21.2. The van der Waals surface area contributed by atoms with Gasteiger partial charge in [0.25, 0.3) is 0 Å². The van der Waals surface area contributed by atoms with E-state index in [0.29, 0.717) is 5.92 Å². The summed E-state index contributed by atoms with van der Waals surface area (Å²) in [6, 6.07) is 11.0. The number of likely N-dealkylation sites (tertiary alicyclic amines) is 1. The molecular weight excluding hydrogens is 370 g/mol. The molecule has 1 unspecified atom stereocenters. The van der Waals surface area contributed by atoms with Gasteiger partial charge in [0.2, 0.25) is 0 Å². The van der Waals surface area contributed by atoms with Crippen LogP contribution < -0.4 is 5.32 Å². The molecule has 0 aromatic heterocycles. The number of hydrogen-bond donors (Lipinski definition) is 1. The van der Waals surface area contributed by atoms with E-state index in [-0.39, 0.29) is 0 Å². The summed E-state index contributed by atoms with van der Waals surface area (Å²) in [6.45, 7) is 18.1. The average molecular weight is 414 g/mol. The van der Waals surface area contributed by atoms with Crippen molar-refractivity contribution in [2.75, 3.05) is 65.4 Å². The molecule has 1 N–H and O–H groups in total. The Labute approximate surface area is 184 Å². The predicted molar refractivity (Wildman–Crippen MR) is 128 cm³/mol. The third kappa shape index (κ3) is 7.28. The van der Waals surface area contributed by atoms with Crippen LogP contribution in [0.1, 0.15) is 39.2 Å². The van der Waals surface area contributed by atoms with Crippen molar-refractivity contribution in [3.63, 3.8) is 0 Å². The normalized spacial score (nSPS) is 21.0. The molecule has 30 heavy (non-hydrogen) atoms. The summed E-state index contributed by atoms with van der Waals surface area (Å²) < 4.78 is 0. The Bertz CT molecular complexity index is 616. The molecular formula is C25H43N5. The Kier molecular flexibility index (Phi) is 9.47. The van der Waals surface area contributed by atoms with Gasteiger partial charge in [-0.3, -0.25) is 4.99 Å². The Morgan fingerprint density at radius 3 is 2.30 bits per heavy atom. The maximum absolute atomic E-state index is 5.04. The molecule has 0 aliphatic carbocycles. The molecule has 1 aromatic rings. The van der Waals surface area contributed by atoms with Crippen LogP contribution in [-0.4, -0.2) is 86.1 Å². The van der Waals surface area contributed by atoms with Crippen molar-refractivity contribution < 1.29 is 0 Å². The standard InChI is InChI=1S/C25H43N5/c1-4-26-25(27-20-22(3)21-29-17-15-28(5-2)16-18-29)30-13-11-24(12-14-30)19-23-9-7-6-8-10-23/h6-10,22,24H,4-5,11-21H2,1-3H3,(H,26,27). The van der Waals surface area contributed by atoms with Gasteiger partial charge in [0.15, 0.2) is 5.96 Å². The van der Waals surface area contributed by atoms with E-state index < -0.39 is 0 Å². The summed E-state index contributed by atoms with van der Waals surface area (Å²) in [5, 5.41) is 3.54. The van der Waals surface area contributed by atoms with Gasteiger partial charge in [-0.05, 0) is 50.1 Å². The van der Waals surface area contributed by atoms with Crippen molar-refractivity contribution in [1.82, 2.24) is 20.0 Å². The number of likely N-dealkylation sites (N-methyl/N-ethyl adjacent to an activating group) is 1. The minimum absolute atomic E-state index is 0.599. The predicted octanol–water partition coefficient (Wildman–Crippen LogP) is 3.18. The summed E-state index contributed by atoms with van der Waals surface area (Å²) in [5.74, 6) is 2.52. The van der Waals surface area contributed by atoms with E-state index in [9.17, 15) is 0 Å². The van der Waals surface area contributed by atoms with Gasteiger partial charge in [-0.15, -0.1) is 0 Å². The third-order valence-electron chi connectivity index (χ3n) is 6.65. The number of piperazine rings is 1. The van der Waals surface area contributed by atoms with Crippen molar-refractivity contribution in [3.05, 3.63) is 35.9 Å². The lowest BCUT2D eigenvalue weighted by Crippen LogP contribution is -2.48. The summed E-state index contributed by atoms with van der Waals surface area (Å²) in [6.07, 6.45) is 3.73. The first-order valence-corrected chi connectivity index (χ1v) is 12.2. The summed E-state index contributed by atoms with van der Waals surface area (Å²) in [5.41, 5.74) is 1.48. The highest BCUT2D eigenvalue weighted by molar-refractivity contribution is 5.80. The van der Waals surface area contributed by atoms with Gasteiger partial charge in [-0.2, -0.15) is 0 Å². The van der Waals surface area contributed by atoms with Gasteiger partial charge in [0, 0.05) is 58.9 Å². The van der Waals surface area contributed by atoms with E-state index in [1.54, 1.807) is 0 Å². The largest absolute Gasteiger partial charge is 0.357 e. The first-order chi connectivity index (χ1) is 14.7. The smallest absolute Gasteiger partial charge is 0.193 e. The van der Waals surface area contributed by atoms with E-state index in [0.717, 1.165) is 38.1 Å². The second kappa shape index (κ2) is 12.3. The van der Waals surface area contributed by atoms with Gasteiger partial charge in [0.1, 0.15) is 0 Å². The van der Waals surface area contributed by atoms with Crippen molar-refractivity contribution in [2.24, 2.45) is 16.8 Å². The average Bonchev–Trinajstić information content (AvgIpc) is 2.78. The third-order valence-corrected chi connectivity index (χ3v) is 6.65. The van der Waals surface area contributed by atoms with Crippen molar-refractivity contribution >= 4 is 5.96 Å². The van der Waals surface area contributed by atoms with Crippen molar-refractivity contribution in [1.29, 1.82) is 0 Å². The van der Waals surface area contributed by atoms with Gasteiger partial charge >= 0.3 is 0 Å². The Hall–Kier alpha value is -1.59. The molecule has 1 atom stereocenters. The molecule has 1 aromatic carbocycles. The fourth-order valence-corrected chi connectivity index (χ4v) is 4.75. The number of nitrogens with one attached hydrogen (secondary N) is 1. The Morgan fingerprint density at radius 2 is 1.67 bits per heavy atom. The van der Waals surface area contributed by atoms with E-state index in [2.05, 4.69) is 71.1 Å². The Morgan fingerprint density at radius 1 is 1.00 bits per heavy atom. The number of rotatable bonds is 8. The molecule has 0 spiro atoms. The highest BCUT2D eigenvalue weighted by atomic mass is 15.3. The lowest BCUT2D eigenvalue weighted by molar-refractivity contribution is 0.125. The van der Waals surface area contributed by atoms with E-state index in [1.165, 1.54) is 64.1 Å². The molecule has 2 fully saturated rings. The monoisotopic (exact) mass is 413 g/mol. The van der Waals surface area contributed by atoms with E-state index >= 15 is 0 Å². The highest BCUT2D eigenvalue weighted by Crippen LogP contribution is 2.21. The lowest BCUT2D eigenvalue weighted by Gasteiger charge is -2.36. The maximum Gasteiger partial charge on any atom is 0.193 e. The van der Waals surface area contributed by atoms with E-state index in [4.69, 9.17) is 4.99 Å². The molecule has 0 bridgehead atoms. The van der Waals surface area contributed by atoms with Gasteiger partial charge in [-0.1, -0.05) is 44.2 Å². The number of benzene rings is 1. The number of hydrogen-bond acceptors (Lipinski definition) is 3. The van der Waals surface area contributed by atoms with Gasteiger partial charge in [-0.25, -0.2) is 0 Å². The van der Waals surface area contributed by atoms with Crippen LogP contribution >= 0.6 is 0 Å². The van der Waals surface area contributed by atoms with Crippen LogP contribution in [0.5, 0.6) is 0 Å². The first-order valence-electron chi connectivity index (χ1n) is 12.2. The molecule has 168 valence electrons. The molecule has 0 radical (unpaired) electrons. The highest BCUT2D eigenvalue weighted by Gasteiger charge is 2.22. The number of aliphatic imine (C=N–C) groups is 1. The quantitative estimate of drug-likeness (QED) is 0.524.